The number of oxazole rings is 1. The van der Waals surface area contributed by atoms with Crippen LogP contribution in [0.2, 0.25) is 0 Å². The van der Waals surface area contributed by atoms with Gasteiger partial charge in [0.2, 0.25) is 0 Å². The van der Waals surface area contributed by atoms with E-state index in [-0.39, 0.29) is 4.90 Å². The van der Waals surface area contributed by atoms with Gasteiger partial charge in [-0.15, -0.1) is 0 Å². The summed E-state index contributed by atoms with van der Waals surface area (Å²) in [5.41, 5.74) is 0.859. The highest BCUT2D eigenvalue weighted by Crippen LogP contribution is 2.17. The van der Waals surface area contributed by atoms with Gasteiger partial charge in [0.25, 0.3) is 0 Å². The third kappa shape index (κ3) is 1.56. The lowest BCUT2D eigenvalue weighted by Gasteiger charge is -1.97. The molecule has 15 heavy (non-hydrogen) atoms. The Balaban J connectivity index is 2.87. The average molecular weight is 227 g/mol. The first-order valence-corrected chi connectivity index (χ1v) is 6.08. The summed E-state index contributed by atoms with van der Waals surface area (Å²) in [7, 11) is -1.73. The van der Waals surface area contributed by atoms with Crippen LogP contribution in [0, 0.1) is 0 Å². The fourth-order valence-corrected chi connectivity index (χ4v) is 1.98. The summed E-state index contributed by atoms with van der Waals surface area (Å²) < 4.78 is 28.7. The molecule has 80 valence electrons. The summed E-state index contributed by atoms with van der Waals surface area (Å²) in [6.07, 6.45) is 1.12. The Kier molecular flexibility index (Phi) is 1.97. The maximum Gasteiger partial charge on any atom is 0.419 e. The molecule has 0 bridgehead atoms. The van der Waals surface area contributed by atoms with E-state index >= 15 is 0 Å². The summed E-state index contributed by atoms with van der Waals surface area (Å²) in [5.74, 6) is -0.504. The van der Waals surface area contributed by atoms with Crippen LogP contribution in [0.3, 0.4) is 0 Å². The summed E-state index contributed by atoms with van der Waals surface area (Å²) in [6, 6.07) is 4.32. The molecule has 0 aliphatic heterocycles. The molecule has 6 heteroatoms. The topological polar surface area (TPSA) is 69.3 Å². The van der Waals surface area contributed by atoms with Crippen LogP contribution < -0.4 is 5.76 Å². The van der Waals surface area contributed by atoms with Gasteiger partial charge in [0.1, 0.15) is 0 Å². The first-order chi connectivity index (χ1) is 6.89. The van der Waals surface area contributed by atoms with Gasteiger partial charge in [0.15, 0.2) is 15.4 Å². The smallest absolute Gasteiger partial charge is 0.408 e. The zero-order valence-corrected chi connectivity index (χ0v) is 9.04. The van der Waals surface area contributed by atoms with Crippen molar-refractivity contribution >= 4 is 20.9 Å². The van der Waals surface area contributed by atoms with E-state index in [1.165, 1.54) is 29.8 Å². The molecule has 0 unspecified atom stereocenters. The maximum atomic E-state index is 11.3. The van der Waals surface area contributed by atoms with Gasteiger partial charge in [0.05, 0.1) is 10.4 Å². The molecule has 5 nitrogen and oxygen atoms in total. The van der Waals surface area contributed by atoms with E-state index in [0.29, 0.717) is 11.1 Å². The molecule has 0 aliphatic rings. The average Bonchev–Trinajstić information content (AvgIpc) is 2.41. The fourth-order valence-electron chi connectivity index (χ4n) is 1.34. The molecule has 1 heterocycles. The monoisotopic (exact) mass is 227 g/mol. The quantitative estimate of drug-likeness (QED) is 0.712. The molecule has 0 aliphatic carbocycles. The van der Waals surface area contributed by atoms with Crippen molar-refractivity contribution in [3.05, 3.63) is 28.7 Å². The highest BCUT2D eigenvalue weighted by molar-refractivity contribution is 7.90. The van der Waals surface area contributed by atoms with Gasteiger partial charge in [-0.05, 0) is 18.2 Å². The number of fused-ring (bicyclic) bond motifs is 1. The van der Waals surface area contributed by atoms with Gasteiger partial charge in [-0.25, -0.2) is 13.2 Å². The summed E-state index contributed by atoms with van der Waals surface area (Å²) in [5, 5.41) is 0. The number of aryl methyl sites for hydroxylation is 1. The molecule has 0 atom stereocenters. The highest BCUT2D eigenvalue weighted by Gasteiger charge is 2.11. The van der Waals surface area contributed by atoms with Crippen LogP contribution in [0.15, 0.2) is 32.3 Å². The van der Waals surface area contributed by atoms with Crippen molar-refractivity contribution in [3.8, 4) is 0 Å². The predicted octanol–water partition coefficient (Wildman–Crippen LogP) is 0.535. The van der Waals surface area contributed by atoms with Crippen molar-refractivity contribution in [1.82, 2.24) is 4.57 Å². The van der Waals surface area contributed by atoms with Gasteiger partial charge in [-0.1, -0.05) is 0 Å². The Hall–Kier alpha value is -1.56. The molecule has 2 aromatic rings. The Morgan fingerprint density at radius 1 is 1.33 bits per heavy atom. The van der Waals surface area contributed by atoms with Crippen LogP contribution in [0.5, 0.6) is 0 Å². The lowest BCUT2D eigenvalue weighted by molar-refractivity contribution is 0.528. The van der Waals surface area contributed by atoms with E-state index in [1.54, 1.807) is 0 Å². The Labute approximate surface area is 85.9 Å². The van der Waals surface area contributed by atoms with Crippen molar-refractivity contribution in [2.24, 2.45) is 7.05 Å². The number of nitrogens with zero attached hydrogens (tertiary/aromatic N) is 1. The third-order valence-electron chi connectivity index (χ3n) is 2.19. The van der Waals surface area contributed by atoms with Gasteiger partial charge in [0, 0.05) is 13.3 Å². The van der Waals surface area contributed by atoms with Crippen LogP contribution in [-0.4, -0.2) is 19.2 Å². The molecule has 0 fully saturated rings. The van der Waals surface area contributed by atoms with Crippen LogP contribution in [-0.2, 0) is 16.9 Å². The minimum atomic E-state index is -3.26. The number of sulfone groups is 1. The van der Waals surface area contributed by atoms with Crippen molar-refractivity contribution in [3.63, 3.8) is 0 Å². The minimum absolute atomic E-state index is 0.173. The third-order valence-corrected chi connectivity index (χ3v) is 3.30. The van der Waals surface area contributed by atoms with Gasteiger partial charge in [-0.2, -0.15) is 0 Å². The van der Waals surface area contributed by atoms with Crippen LogP contribution >= 0.6 is 0 Å². The summed E-state index contributed by atoms with van der Waals surface area (Å²) >= 11 is 0. The Morgan fingerprint density at radius 2 is 2.00 bits per heavy atom. The molecule has 0 saturated heterocycles. The lowest BCUT2D eigenvalue weighted by Crippen LogP contribution is -2.08. The second kappa shape index (κ2) is 2.96. The first-order valence-electron chi connectivity index (χ1n) is 4.19. The van der Waals surface area contributed by atoms with Crippen molar-refractivity contribution in [2.75, 3.05) is 6.26 Å². The molecule has 0 radical (unpaired) electrons. The summed E-state index contributed by atoms with van der Waals surface area (Å²) in [6.45, 7) is 0. The molecule has 0 spiro atoms. The van der Waals surface area contributed by atoms with Crippen molar-refractivity contribution in [1.29, 1.82) is 0 Å². The first kappa shape index (κ1) is 9.97. The molecule has 1 aromatic carbocycles. The highest BCUT2D eigenvalue weighted by atomic mass is 32.2. The van der Waals surface area contributed by atoms with Gasteiger partial charge in [-0.3, -0.25) is 4.57 Å². The molecule has 1 aromatic heterocycles. The maximum absolute atomic E-state index is 11.3. The number of hydrogen-bond acceptors (Lipinski definition) is 4. The van der Waals surface area contributed by atoms with E-state index in [0.717, 1.165) is 6.26 Å². The number of hydrogen-bond donors (Lipinski definition) is 0. The zero-order chi connectivity index (χ0) is 11.2. The molecular formula is C9H9NO4S. The van der Waals surface area contributed by atoms with Gasteiger partial charge >= 0.3 is 5.76 Å². The zero-order valence-electron chi connectivity index (χ0n) is 8.22. The Morgan fingerprint density at radius 3 is 2.60 bits per heavy atom. The normalized spacial score (nSPS) is 12.1. The van der Waals surface area contributed by atoms with Crippen LogP contribution in [0.1, 0.15) is 0 Å². The van der Waals surface area contributed by atoms with Gasteiger partial charge < -0.3 is 4.42 Å². The summed E-state index contributed by atoms with van der Waals surface area (Å²) in [4.78, 5) is 11.3. The van der Waals surface area contributed by atoms with Crippen LogP contribution in [0.25, 0.3) is 11.1 Å². The molecule has 0 saturated carbocycles. The van der Waals surface area contributed by atoms with Crippen molar-refractivity contribution < 1.29 is 12.8 Å². The van der Waals surface area contributed by atoms with E-state index in [9.17, 15) is 13.2 Å². The van der Waals surface area contributed by atoms with E-state index < -0.39 is 15.6 Å². The second-order valence-corrected chi connectivity index (χ2v) is 5.34. The van der Waals surface area contributed by atoms with Crippen molar-refractivity contribution in [2.45, 2.75) is 4.90 Å². The minimum Gasteiger partial charge on any atom is -0.408 e. The number of benzene rings is 1. The standard InChI is InChI=1S/C9H9NO4S/c1-10-7-5-6(15(2,12)13)3-4-8(7)14-9(10)11/h3-5H,1-2H3. The Bertz CT molecular complexity index is 678. The largest absolute Gasteiger partial charge is 0.419 e. The van der Waals surface area contributed by atoms with E-state index in [1.807, 2.05) is 0 Å². The predicted molar refractivity (Wildman–Crippen MR) is 54.6 cm³/mol. The SMILES string of the molecule is Cn1c(=O)oc2ccc(S(C)(=O)=O)cc21. The van der Waals surface area contributed by atoms with Crippen LogP contribution in [0.4, 0.5) is 0 Å². The number of rotatable bonds is 1. The molecule has 0 amide bonds. The molecule has 2 rings (SSSR count). The fraction of sp³-hybridized carbons (Fsp3) is 0.222. The molecular weight excluding hydrogens is 218 g/mol. The molecule has 0 N–H and O–H groups in total. The number of aromatic nitrogens is 1. The second-order valence-electron chi connectivity index (χ2n) is 3.33. The van der Waals surface area contributed by atoms with E-state index in [2.05, 4.69) is 0 Å². The lowest BCUT2D eigenvalue weighted by atomic mass is 10.3. The van der Waals surface area contributed by atoms with E-state index in [4.69, 9.17) is 4.42 Å².